The van der Waals surface area contributed by atoms with Crippen molar-refractivity contribution in [3.05, 3.63) is 33.0 Å². The molecule has 0 amide bonds. The Morgan fingerprint density at radius 1 is 1.39 bits per heavy atom. The number of rotatable bonds is 4. The normalized spacial score (nSPS) is 13.7. The molecule has 0 saturated heterocycles. The van der Waals surface area contributed by atoms with E-state index in [1.165, 1.54) is 6.07 Å². The third kappa shape index (κ3) is 4.40. The molecule has 0 aromatic heterocycles. The van der Waals surface area contributed by atoms with Gasteiger partial charge in [0.15, 0.2) is 0 Å². The highest BCUT2D eigenvalue weighted by atomic mass is 79.9. The van der Waals surface area contributed by atoms with E-state index < -0.39 is 24.5 Å². The minimum Gasteiger partial charge on any atom is -0.310 e. The van der Waals surface area contributed by atoms with Crippen LogP contribution in [0.5, 0.6) is 0 Å². The van der Waals surface area contributed by atoms with Crippen molar-refractivity contribution < 1.29 is 17.6 Å². The Morgan fingerprint density at radius 2 is 2.00 bits per heavy atom. The van der Waals surface area contributed by atoms with Crippen molar-refractivity contribution in [2.45, 2.75) is 25.6 Å². The van der Waals surface area contributed by atoms with Crippen LogP contribution in [-0.4, -0.2) is 12.7 Å². The van der Waals surface area contributed by atoms with Crippen LogP contribution >= 0.6 is 27.5 Å². The van der Waals surface area contributed by atoms with E-state index in [1.54, 1.807) is 6.92 Å². The van der Waals surface area contributed by atoms with Gasteiger partial charge in [-0.1, -0.05) is 18.5 Å². The molecule has 0 aliphatic heterocycles. The summed E-state index contributed by atoms with van der Waals surface area (Å²) in [5.41, 5.74) is -0.0811. The summed E-state index contributed by atoms with van der Waals surface area (Å²) in [5.74, 6) is -0.721. The molecule has 1 N–H and O–H groups in total. The minimum absolute atomic E-state index is 0.0811. The first-order chi connectivity index (χ1) is 8.24. The van der Waals surface area contributed by atoms with Crippen LogP contribution in [0.1, 0.15) is 24.9 Å². The summed E-state index contributed by atoms with van der Waals surface area (Å²) in [5, 5.41) is 2.79. The Labute approximate surface area is 116 Å². The largest absolute Gasteiger partial charge is 0.390 e. The van der Waals surface area contributed by atoms with Gasteiger partial charge in [-0.15, -0.1) is 0 Å². The lowest BCUT2D eigenvalue weighted by atomic mass is 10.0. The lowest BCUT2D eigenvalue weighted by Gasteiger charge is -2.21. The Morgan fingerprint density at radius 3 is 2.50 bits per heavy atom. The second kappa shape index (κ2) is 6.21. The number of halogens is 6. The summed E-state index contributed by atoms with van der Waals surface area (Å²) < 4.78 is 51.3. The molecule has 0 radical (unpaired) electrons. The quantitative estimate of drug-likeness (QED) is 0.606. The maximum atomic E-state index is 13.7. The molecule has 18 heavy (non-hydrogen) atoms. The minimum atomic E-state index is -4.38. The van der Waals surface area contributed by atoms with Crippen molar-refractivity contribution in [1.82, 2.24) is 5.32 Å². The molecule has 0 fully saturated rings. The molecule has 1 aromatic carbocycles. The van der Waals surface area contributed by atoms with Gasteiger partial charge in [0.05, 0.1) is 11.4 Å². The number of alkyl halides is 3. The van der Waals surface area contributed by atoms with Crippen molar-refractivity contribution in [1.29, 1.82) is 0 Å². The van der Waals surface area contributed by atoms with Crippen molar-refractivity contribution >= 4 is 27.5 Å². The standard InChI is InChI=1S/C11H11BrClF4N/c1-2-18-10(5-11(15,16)17)6-3-8(13)7(12)4-9(6)14/h3-4,10,18H,2,5H2,1H3. The average Bonchev–Trinajstić information content (AvgIpc) is 2.21. The van der Waals surface area contributed by atoms with Gasteiger partial charge in [-0.25, -0.2) is 4.39 Å². The van der Waals surface area contributed by atoms with E-state index in [0.717, 1.165) is 6.07 Å². The Hall–Kier alpha value is -0.330. The zero-order valence-electron chi connectivity index (χ0n) is 9.41. The molecule has 0 spiro atoms. The van der Waals surface area contributed by atoms with E-state index in [2.05, 4.69) is 21.2 Å². The Kier molecular flexibility index (Phi) is 5.43. The average molecular weight is 349 g/mol. The van der Waals surface area contributed by atoms with Crippen molar-refractivity contribution in [3.63, 3.8) is 0 Å². The van der Waals surface area contributed by atoms with Gasteiger partial charge in [0.2, 0.25) is 0 Å². The Balaban J connectivity index is 3.09. The highest BCUT2D eigenvalue weighted by molar-refractivity contribution is 9.10. The summed E-state index contributed by atoms with van der Waals surface area (Å²) in [6, 6.07) is 1.14. The van der Waals surface area contributed by atoms with Gasteiger partial charge in [-0.05, 0) is 34.6 Å². The molecular formula is C11H11BrClF4N. The topological polar surface area (TPSA) is 12.0 Å². The molecular weight excluding hydrogens is 337 g/mol. The Bertz CT molecular complexity index is 422. The maximum absolute atomic E-state index is 13.7. The van der Waals surface area contributed by atoms with Crippen LogP contribution in [0.4, 0.5) is 17.6 Å². The number of nitrogens with one attached hydrogen (secondary N) is 1. The van der Waals surface area contributed by atoms with Gasteiger partial charge in [-0.3, -0.25) is 0 Å². The fourth-order valence-electron chi connectivity index (χ4n) is 1.57. The van der Waals surface area contributed by atoms with E-state index in [0.29, 0.717) is 11.0 Å². The molecule has 1 nitrogen and oxygen atoms in total. The molecule has 7 heteroatoms. The van der Waals surface area contributed by atoms with Crippen molar-refractivity contribution in [3.8, 4) is 0 Å². The summed E-state index contributed by atoms with van der Waals surface area (Å²) in [6.45, 7) is 1.95. The van der Waals surface area contributed by atoms with Crippen LogP contribution in [0, 0.1) is 5.82 Å². The lowest BCUT2D eigenvalue weighted by Crippen LogP contribution is -2.27. The van der Waals surface area contributed by atoms with E-state index in [9.17, 15) is 17.6 Å². The van der Waals surface area contributed by atoms with Gasteiger partial charge < -0.3 is 5.32 Å². The van der Waals surface area contributed by atoms with E-state index in [1.807, 2.05) is 0 Å². The first kappa shape index (κ1) is 15.7. The van der Waals surface area contributed by atoms with E-state index in [-0.39, 0.29) is 10.6 Å². The molecule has 102 valence electrons. The number of hydrogen-bond donors (Lipinski definition) is 1. The first-order valence-corrected chi connectivity index (χ1v) is 6.36. The van der Waals surface area contributed by atoms with Crippen molar-refractivity contribution in [2.24, 2.45) is 0 Å². The lowest BCUT2D eigenvalue weighted by molar-refractivity contribution is -0.140. The zero-order valence-corrected chi connectivity index (χ0v) is 11.8. The smallest absolute Gasteiger partial charge is 0.310 e. The van der Waals surface area contributed by atoms with Crippen LogP contribution in [-0.2, 0) is 0 Å². The van der Waals surface area contributed by atoms with E-state index in [4.69, 9.17) is 11.6 Å². The van der Waals surface area contributed by atoms with Crippen molar-refractivity contribution in [2.75, 3.05) is 6.54 Å². The van der Waals surface area contributed by atoms with E-state index >= 15 is 0 Å². The van der Waals surface area contributed by atoms with Gasteiger partial charge >= 0.3 is 6.18 Å². The zero-order chi connectivity index (χ0) is 13.9. The monoisotopic (exact) mass is 347 g/mol. The van der Waals surface area contributed by atoms with Crippen LogP contribution in [0.3, 0.4) is 0 Å². The molecule has 0 aliphatic rings. The third-order valence-electron chi connectivity index (χ3n) is 2.30. The summed E-state index contributed by atoms with van der Waals surface area (Å²) in [7, 11) is 0. The predicted octanol–water partition coefficient (Wildman–Crippen LogP) is 4.84. The SMILES string of the molecule is CCNC(CC(F)(F)F)c1cc(Cl)c(Br)cc1F. The van der Waals surface area contributed by atoms with Crippen LogP contribution in [0.2, 0.25) is 5.02 Å². The van der Waals surface area contributed by atoms with Crippen LogP contribution in [0.15, 0.2) is 16.6 Å². The summed E-state index contributed by atoms with van der Waals surface area (Å²) in [4.78, 5) is 0. The van der Waals surface area contributed by atoms with Gasteiger partial charge in [0.25, 0.3) is 0 Å². The molecule has 0 bridgehead atoms. The van der Waals surface area contributed by atoms with Gasteiger partial charge in [0, 0.05) is 16.1 Å². The van der Waals surface area contributed by atoms with Gasteiger partial charge in [0.1, 0.15) is 5.82 Å². The predicted molar refractivity (Wildman–Crippen MR) is 66.2 cm³/mol. The highest BCUT2D eigenvalue weighted by Crippen LogP contribution is 2.34. The van der Waals surface area contributed by atoms with Crippen LogP contribution in [0.25, 0.3) is 0 Å². The second-order valence-electron chi connectivity index (χ2n) is 3.72. The van der Waals surface area contributed by atoms with Gasteiger partial charge in [-0.2, -0.15) is 13.2 Å². The number of hydrogen-bond acceptors (Lipinski definition) is 1. The molecule has 0 aliphatic carbocycles. The molecule has 1 unspecified atom stereocenters. The molecule has 0 saturated carbocycles. The molecule has 1 atom stereocenters. The summed E-state index contributed by atoms with van der Waals surface area (Å²) in [6.07, 6.45) is -5.52. The maximum Gasteiger partial charge on any atom is 0.390 e. The molecule has 0 heterocycles. The third-order valence-corrected chi connectivity index (χ3v) is 3.50. The second-order valence-corrected chi connectivity index (χ2v) is 4.98. The molecule has 1 aromatic rings. The fraction of sp³-hybridized carbons (Fsp3) is 0.455. The van der Waals surface area contributed by atoms with Crippen LogP contribution < -0.4 is 5.32 Å². The number of benzene rings is 1. The highest BCUT2D eigenvalue weighted by Gasteiger charge is 2.33. The summed E-state index contributed by atoms with van der Waals surface area (Å²) >= 11 is 8.79. The fourth-order valence-corrected chi connectivity index (χ4v) is 2.06. The first-order valence-electron chi connectivity index (χ1n) is 5.19. The molecule has 1 rings (SSSR count).